The molecule has 3 aromatic rings. The first-order valence-electron chi connectivity index (χ1n) is 8.35. The third kappa shape index (κ3) is 5.55. The lowest BCUT2D eigenvalue weighted by atomic mass is 10.2. The van der Waals surface area contributed by atoms with Gasteiger partial charge in [0.25, 0.3) is 5.91 Å². The second kappa shape index (κ2) is 9.52. The van der Waals surface area contributed by atoms with Crippen molar-refractivity contribution >= 4 is 33.6 Å². The topological polar surface area (TPSA) is 92.4 Å². The molecule has 0 aliphatic rings. The van der Waals surface area contributed by atoms with E-state index >= 15 is 0 Å². The van der Waals surface area contributed by atoms with Gasteiger partial charge in [-0.25, -0.2) is 10.2 Å². The number of rotatable bonds is 5. The molecule has 0 fully saturated rings. The Bertz CT molecular complexity index is 952. The highest BCUT2D eigenvalue weighted by Crippen LogP contribution is 2.24. The molecule has 0 aliphatic carbocycles. The number of pyridine rings is 1. The monoisotopic (exact) mass is 440 g/mol. The predicted octanol–water partition coefficient (Wildman–Crippen LogP) is 3.89. The number of nitrogens with one attached hydrogen (secondary N) is 3. The third-order valence-corrected chi connectivity index (χ3v) is 4.14. The summed E-state index contributed by atoms with van der Waals surface area (Å²) >= 11 is 3.34. The van der Waals surface area contributed by atoms with Crippen LogP contribution in [-0.4, -0.2) is 16.9 Å². The number of urea groups is 1. The van der Waals surface area contributed by atoms with Gasteiger partial charge >= 0.3 is 6.03 Å². The zero-order valence-corrected chi connectivity index (χ0v) is 16.3. The molecule has 7 nitrogen and oxygen atoms in total. The van der Waals surface area contributed by atoms with E-state index in [2.05, 4.69) is 37.1 Å². The van der Waals surface area contributed by atoms with Gasteiger partial charge in [0, 0.05) is 22.6 Å². The summed E-state index contributed by atoms with van der Waals surface area (Å²) in [6.07, 6.45) is 3.34. The number of aromatic nitrogens is 1. The molecule has 28 heavy (non-hydrogen) atoms. The van der Waals surface area contributed by atoms with Crippen LogP contribution in [0.4, 0.5) is 10.5 Å². The van der Waals surface area contributed by atoms with Gasteiger partial charge in [-0.1, -0.05) is 34.1 Å². The molecule has 0 unspecified atom stereocenters. The van der Waals surface area contributed by atoms with E-state index in [0.29, 0.717) is 15.9 Å². The Hall–Kier alpha value is -3.39. The highest BCUT2D eigenvalue weighted by molar-refractivity contribution is 9.10. The number of ether oxygens (including phenoxy) is 1. The minimum Gasteiger partial charge on any atom is -0.488 e. The maximum absolute atomic E-state index is 12.5. The first kappa shape index (κ1) is 19.4. The quantitative estimate of drug-likeness (QED) is 0.524. The van der Waals surface area contributed by atoms with Crippen molar-refractivity contribution in [3.63, 3.8) is 0 Å². The van der Waals surface area contributed by atoms with Crippen LogP contribution >= 0.6 is 15.9 Å². The maximum Gasteiger partial charge on any atom is 0.337 e. The second-order valence-corrected chi connectivity index (χ2v) is 6.60. The van der Waals surface area contributed by atoms with E-state index in [-0.39, 0.29) is 12.2 Å². The Morgan fingerprint density at radius 3 is 2.46 bits per heavy atom. The van der Waals surface area contributed by atoms with Gasteiger partial charge in [0.2, 0.25) is 0 Å². The molecule has 1 aromatic heterocycles. The number of halogens is 1. The predicted molar refractivity (Wildman–Crippen MR) is 109 cm³/mol. The number of nitrogens with zero attached hydrogens (tertiary/aromatic N) is 1. The van der Waals surface area contributed by atoms with Crippen molar-refractivity contribution in [3.8, 4) is 5.75 Å². The van der Waals surface area contributed by atoms with Gasteiger partial charge in [-0.3, -0.25) is 15.2 Å². The van der Waals surface area contributed by atoms with E-state index < -0.39 is 11.9 Å². The van der Waals surface area contributed by atoms with E-state index in [0.717, 1.165) is 5.56 Å². The second-order valence-electron chi connectivity index (χ2n) is 5.68. The van der Waals surface area contributed by atoms with Crippen molar-refractivity contribution in [2.75, 3.05) is 5.32 Å². The van der Waals surface area contributed by atoms with Crippen LogP contribution in [0.25, 0.3) is 0 Å². The highest BCUT2D eigenvalue weighted by Gasteiger charge is 2.14. The molecule has 0 saturated carbocycles. The fourth-order valence-corrected chi connectivity index (χ4v) is 2.67. The van der Waals surface area contributed by atoms with Gasteiger partial charge in [0.1, 0.15) is 12.4 Å². The number of anilines is 1. The Morgan fingerprint density at radius 1 is 0.964 bits per heavy atom. The van der Waals surface area contributed by atoms with Crippen molar-refractivity contribution in [1.82, 2.24) is 15.8 Å². The molecular weight excluding hydrogens is 424 g/mol. The van der Waals surface area contributed by atoms with Crippen molar-refractivity contribution in [2.24, 2.45) is 0 Å². The average molecular weight is 441 g/mol. The van der Waals surface area contributed by atoms with E-state index in [1.807, 2.05) is 18.2 Å². The van der Waals surface area contributed by atoms with Gasteiger partial charge in [-0.15, -0.1) is 0 Å². The molecular formula is C20H17BrN4O3. The zero-order valence-electron chi connectivity index (χ0n) is 14.7. The number of benzene rings is 2. The molecule has 3 N–H and O–H groups in total. The molecule has 3 rings (SSSR count). The van der Waals surface area contributed by atoms with E-state index in [9.17, 15) is 9.59 Å². The molecule has 0 atom stereocenters. The van der Waals surface area contributed by atoms with E-state index in [1.165, 1.54) is 0 Å². The molecule has 142 valence electrons. The number of hydrogen-bond donors (Lipinski definition) is 3. The highest BCUT2D eigenvalue weighted by atomic mass is 79.9. The number of carbonyl (C=O) groups excluding carboxylic acids is 2. The smallest absolute Gasteiger partial charge is 0.337 e. The van der Waals surface area contributed by atoms with Crippen molar-refractivity contribution in [3.05, 3.63) is 88.7 Å². The molecule has 0 spiro atoms. The first-order valence-corrected chi connectivity index (χ1v) is 9.15. The molecule has 0 radical (unpaired) electrons. The lowest BCUT2D eigenvalue weighted by Crippen LogP contribution is -2.44. The summed E-state index contributed by atoms with van der Waals surface area (Å²) in [5.74, 6) is -0.114. The Balaban J connectivity index is 1.62. The van der Waals surface area contributed by atoms with Gasteiger partial charge in [-0.05, 0) is 48.0 Å². The molecule has 0 saturated heterocycles. The first-order chi connectivity index (χ1) is 13.6. The third-order valence-electron chi connectivity index (χ3n) is 3.65. The largest absolute Gasteiger partial charge is 0.488 e. The van der Waals surface area contributed by atoms with Gasteiger partial charge in [0.05, 0.1) is 5.56 Å². The molecule has 1 heterocycles. The summed E-state index contributed by atoms with van der Waals surface area (Å²) in [4.78, 5) is 28.4. The van der Waals surface area contributed by atoms with E-state index in [4.69, 9.17) is 4.74 Å². The van der Waals surface area contributed by atoms with Gasteiger partial charge in [0.15, 0.2) is 0 Å². The summed E-state index contributed by atoms with van der Waals surface area (Å²) in [7, 11) is 0. The van der Waals surface area contributed by atoms with Gasteiger partial charge < -0.3 is 10.1 Å². The summed E-state index contributed by atoms with van der Waals surface area (Å²) in [6.45, 7) is 0.284. The summed E-state index contributed by atoms with van der Waals surface area (Å²) < 4.78 is 6.47. The summed E-state index contributed by atoms with van der Waals surface area (Å²) in [5, 5.41) is 2.61. The standard InChI is InChI=1S/C20H17BrN4O3/c21-15-6-7-18(28-13-14-8-10-22-11-9-14)17(12-15)19(26)24-25-20(27)23-16-4-2-1-3-5-16/h1-12H,13H2,(H,24,26)(H2,23,25,27). The Labute approximate surface area is 170 Å². The number of hydrogen-bond acceptors (Lipinski definition) is 4. The number of hydrazine groups is 1. The fraction of sp³-hybridized carbons (Fsp3) is 0.0500. The lowest BCUT2D eigenvalue weighted by Gasteiger charge is -2.13. The summed E-state index contributed by atoms with van der Waals surface area (Å²) in [6, 6.07) is 17.1. The van der Waals surface area contributed by atoms with Crippen LogP contribution in [0.2, 0.25) is 0 Å². The average Bonchev–Trinajstić information content (AvgIpc) is 2.72. The summed E-state index contributed by atoms with van der Waals surface area (Å²) in [5.41, 5.74) is 6.51. The molecule has 8 heteroatoms. The minimum absolute atomic E-state index is 0.281. The Kier molecular flexibility index (Phi) is 6.59. The normalized spacial score (nSPS) is 10.0. The van der Waals surface area contributed by atoms with Crippen LogP contribution in [0.5, 0.6) is 5.75 Å². The molecule has 2 aromatic carbocycles. The van der Waals surface area contributed by atoms with E-state index in [1.54, 1.807) is 54.9 Å². The lowest BCUT2D eigenvalue weighted by molar-refractivity contribution is 0.0933. The van der Waals surface area contributed by atoms with Crippen LogP contribution in [0.15, 0.2) is 77.5 Å². The molecule has 0 bridgehead atoms. The minimum atomic E-state index is -0.561. The Morgan fingerprint density at radius 2 is 1.71 bits per heavy atom. The molecule has 3 amide bonds. The maximum atomic E-state index is 12.5. The number of para-hydroxylation sites is 1. The number of carbonyl (C=O) groups is 2. The van der Waals surface area contributed by atoms with Crippen LogP contribution in [0.3, 0.4) is 0 Å². The van der Waals surface area contributed by atoms with Crippen molar-refractivity contribution in [1.29, 1.82) is 0 Å². The number of amides is 3. The van der Waals surface area contributed by atoms with Crippen LogP contribution in [0.1, 0.15) is 15.9 Å². The van der Waals surface area contributed by atoms with Crippen LogP contribution in [0, 0.1) is 0 Å². The van der Waals surface area contributed by atoms with Gasteiger partial charge in [-0.2, -0.15) is 0 Å². The SMILES string of the molecule is O=C(NNC(=O)c1cc(Br)ccc1OCc1ccncc1)Nc1ccccc1. The van der Waals surface area contributed by atoms with Crippen LogP contribution < -0.4 is 20.9 Å². The molecule has 0 aliphatic heterocycles. The van der Waals surface area contributed by atoms with Crippen molar-refractivity contribution < 1.29 is 14.3 Å². The van der Waals surface area contributed by atoms with Crippen molar-refractivity contribution in [2.45, 2.75) is 6.61 Å². The fourth-order valence-electron chi connectivity index (χ4n) is 2.31. The zero-order chi connectivity index (χ0) is 19.8. The van der Waals surface area contributed by atoms with Crippen LogP contribution in [-0.2, 0) is 6.61 Å².